The van der Waals surface area contributed by atoms with Crippen molar-refractivity contribution in [1.29, 1.82) is 0 Å². The number of halogens is 2. The summed E-state index contributed by atoms with van der Waals surface area (Å²) in [5.41, 5.74) is 1.28. The second-order valence-corrected chi connectivity index (χ2v) is 10.3. The number of benzene rings is 1. The zero-order valence-electron chi connectivity index (χ0n) is 9.64. The van der Waals surface area contributed by atoms with Gasteiger partial charge in [0, 0.05) is 0 Å². The molecular formula is C12H15Cl2NZr. The maximum Gasteiger partial charge on any atom is -1.00 e. The van der Waals surface area contributed by atoms with Crippen LogP contribution in [0.2, 0.25) is 3.12 Å². The van der Waals surface area contributed by atoms with Gasteiger partial charge in [-0.15, -0.1) is 0 Å². The fourth-order valence-electron chi connectivity index (χ4n) is 1.54. The van der Waals surface area contributed by atoms with Crippen LogP contribution < -0.4 is 28.2 Å². The van der Waals surface area contributed by atoms with Gasteiger partial charge in [-0.05, 0) is 0 Å². The molecule has 1 heterocycles. The molecular weight excluding hydrogens is 320 g/mol. The summed E-state index contributed by atoms with van der Waals surface area (Å²) in [6.45, 7) is 7.01. The minimum Gasteiger partial charge on any atom is -1.00 e. The van der Waals surface area contributed by atoms with Crippen LogP contribution in [0.1, 0.15) is 20.8 Å². The van der Waals surface area contributed by atoms with Gasteiger partial charge in [0.2, 0.25) is 0 Å². The SMILES string of the molecule is C[C](C)(C)[Zr+2][c]1cc2ccccc2[nH]1.[Cl-].[Cl-]. The standard InChI is InChI=1S/C8H6N.C4H9.2ClH.Zr/c1-2-4-8-7(3-1)5-6-9-8;1-4(2)3;;;/h1-5,9H;1-3H3;2*1H;/q;;;;+2/p-2. The van der Waals surface area contributed by atoms with E-state index in [9.17, 15) is 0 Å². The van der Waals surface area contributed by atoms with Crippen molar-refractivity contribution >= 4 is 14.3 Å². The van der Waals surface area contributed by atoms with Gasteiger partial charge in [0.05, 0.1) is 0 Å². The molecule has 1 nitrogen and oxygen atoms in total. The second kappa shape index (κ2) is 6.24. The Bertz CT molecular complexity index is 412. The summed E-state index contributed by atoms with van der Waals surface area (Å²) in [7, 11) is 0. The van der Waals surface area contributed by atoms with Gasteiger partial charge in [0.25, 0.3) is 0 Å². The Kier molecular flexibility index (Phi) is 6.32. The Labute approximate surface area is 121 Å². The zero-order valence-corrected chi connectivity index (χ0v) is 13.6. The molecule has 0 aliphatic carbocycles. The normalized spacial score (nSPS) is 10.2. The molecule has 0 saturated carbocycles. The van der Waals surface area contributed by atoms with Gasteiger partial charge in [-0.1, -0.05) is 0 Å². The van der Waals surface area contributed by atoms with Crippen molar-refractivity contribution in [3.05, 3.63) is 30.3 Å². The van der Waals surface area contributed by atoms with Crippen molar-refractivity contribution < 1.29 is 48.0 Å². The Morgan fingerprint density at radius 2 is 1.69 bits per heavy atom. The van der Waals surface area contributed by atoms with Crippen molar-refractivity contribution in [2.45, 2.75) is 23.9 Å². The number of H-pyrrole nitrogens is 1. The predicted octanol–water partition coefficient (Wildman–Crippen LogP) is -2.90. The van der Waals surface area contributed by atoms with Crippen LogP contribution in [0.4, 0.5) is 0 Å². The first kappa shape index (κ1) is 16.2. The first-order chi connectivity index (χ1) is 6.54. The molecule has 1 N–H and O–H groups in total. The van der Waals surface area contributed by atoms with Gasteiger partial charge in [0.1, 0.15) is 0 Å². The maximum atomic E-state index is 3.53. The molecule has 86 valence electrons. The van der Waals surface area contributed by atoms with Crippen LogP contribution in [-0.4, -0.2) is 4.98 Å². The molecule has 0 amide bonds. The van der Waals surface area contributed by atoms with Crippen LogP contribution in [0.3, 0.4) is 0 Å². The summed E-state index contributed by atoms with van der Waals surface area (Å²) in [4.78, 5) is 3.53. The molecule has 16 heavy (non-hydrogen) atoms. The molecule has 0 saturated heterocycles. The van der Waals surface area contributed by atoms with Gasteiger partial charge in [0.15, 0.2) is 0 Å². The molecule has 2 rings (SSSR count). The van der Waals surface area contributed by atoms with E-state index >= 15 is 0 Å². The monoisotopic (exact) mass is 333 g/mol. The Morgan fingerprint density at radius 3 is 2.25 bits per heavy atom. The summed E-state index contributed by atoms with van der Waals surface area (Å²) < 4.78 is 2.02. The predicted molar refractivity (Wildman–Crippen MR) is 57.6 cm³/mol. The Balaban J connectivity index is 0.00000112. The second-order valence-electron chi connectivity index (χ2n) is 4.65. The molecule has 0 radical (unpaired) electrons. The van der Waals surface area contributed by atoms with E-state index in [4.69, 9.17) is 0 Å². The van der Waals surface area contributed by atoms with Gasteiger partial charge in [-0.2, -0.15) is 0 Å². The van der Waals surface area contributed by atoms with Crippen LogP contribution in [0.15, 0.2) is 30.3 Å². The Hall–Kier alpha value is 0.223. The molecule has 0 atom stereocenters. The van der Waals surface area contributed by atoms with E-state index in [0.29, 0.717) is 3.12 Å². The van der Waals surface area contributed by atoms with E-state index < -0.39 is 23.2 Å². The average Bonchev–Trinajstić information content (AvgIpc) is 2.42. The fraction of sp³-hybridized carbons (Fsp3) is 0.333. The quantitative estimate of drug-likeness (QED) is 0.576. The van der Waals surface area contributed by atoms with Crippen molar-refractivity contribution in [2.75, 3.05) is 0 Å². The van der Waals surface area contributed by atoms with Crippen LogP contribution in [0, 0.1) is 0 Å². The number of fused-ring (bicyclic) bond motifs is 1. The molecule has 0 aliphatic heterocycles. The molecule has 1 aromatic heterocycles. The third kappa shape index (κ3) is 4.24. The van der Waals surface area contributed by atoms with E-state index in [1.165, 1.54) is 14.3 Å². The van der Waals surface area contributed by atoms with Crippen LogP contribution in [0.25, 0.3) is 10.9 Å². The van der Waals surface area contributed by atoms with Crippen LogP contribution in [0.5, 0.6) is 0 Å². The van der Waals surface area contributed by atoms with E-state index in [1.807, 2.05) is 0 Å². The molecule has 2 aromatic rings. The third-order valence-corrected chi connectivity index (χ3v) is 5.21. The summed E-state index contributed by atoms with van der Waals surface area (Å²) in [5, 5.41) is 1.35. The van der Waals surface area contributed by atoms with Gasteiger partial charge < -0.3 is 24.8 Å². The van der Waals surface area contributed by atoms with Crippen molar-refractivity contribution in [3.8, 4) is 0 Å². The van der Waals surface area contributed by atoms with E-state index in [1.54, 1.807) is 0 Å². The fourth-order valence-corrected chi connectivity index (χ4v) is 4.58. The van der Waals surface area contributed by atoms with E-state index in [0.717, 1.165) is 0 Å². The topological polar surface area (TPSA) is 15.8 Å². The minimum absolute atomic E-state index is 0. The zero-order chi connectivity index (χ0) is 10.2. The molecule has 0 spiro atoms. The summed E-state index contributed by atoms with van der Waals surface area (Å²) >= 11 is -0.476. The van der Waals surface area contributed by atoms with E-state index in [-0.39, 0.29) is 24.8 Å². The summed E-state index contributed by atoms with van der Waals surface area (Å²) in [6.07, 6.45) is 0. The van der Waals surface area contributed by atoms with Crippen LogP contribution in [-0.2, 0) is 23.2 Å². The first-order valence-electron chi connectivity index (χ1n) is 4.90. The third-order valence-electron chi connectivity index (χ3n) is 2.04. The molecule has 0 bridgehead atoms. The number of aromatic nitrogens is 1. The number of hydrogen-bond donors (Lipinski definition) is 1. The number of nitrogens with one attached hydrogen (secondary N) is 1. The van der Waals surface area contributed by atoms with Crippen molar-refractivity contribution in [3.63, 3.8) is 0 Å². The molecule has 0 unspecified atom stereocenters. The number of rotatable bonds is 1. The summed E-state index contributed by atoms with van der Waals surface area (Å²) in [6, 6.07) is 10.8. The summed E-state index contributed by atoms with van der Waals surface area (Å²) in [5.74, 6) is 0. The van der Waals surface area contributed by atoms with Crippen molar-refractivity contribution in [2.24, 2.45) is 0 Å². The minimum atomic E-state index is -0.476. The number of para-hydroxylation sites is 1. The number of aromatic amines is 1. The molecule has 4 heteroatoms. The average molecular weight is 335 g/mol. The van der Waals surface area contributed by atoms with E-state index in [2.05, 4.69) is 56.1 Å². The molecule has 0 fully saturated rings. The smallest absolute Gasteiger partial charge is 1.00 e. The van der Waals surface area contributed by atoms with Gasteiger partial charge in [-0.25, -0.2) is 0 Å². The largest absolute Gasteiger partial charge is 1.00 e. The van der Waals surface area contributed by atoms with Gasteiger partial charge in [-0.3, -0.25) is 0 Å². The Morgan fingerprint density at radius 1 is 1.06 bits per heavy atom. The first-order valence-corrected chi connectivity index (χ1v) is 7.36. The molecule has 0 aliphatic rings. The maximum absolute atomic E-state index is 3.53. The van der Waals surface area contributed by atoms with Crippen molar-refractivity contribution in [1.82, 2.24) is 4.98 Å². The number of hydrogen-bond acceptors (Lipinski definition) is 0. The van der Waals surface area contributed by atoms with Gasteiger partial charge >= 0.3 is 96.7 Å². The molecule has 1 aromatic carbocycles. The van der Waals surface area contributed by atoms with Crippen LogP contribution >= 0.6 is 0 Å².